The van der Waals surface area contributed by atoms with Gasteiger partial charge in [0.05, 0.1) is 23.8 Å². The average Bonchev–Trinajstić information content (AvgIpc) is 2.15. The van der Waals surface area contributed by atoms with Gasteiger partial charge in [0, 0.05) is 6.26 Å². The molecule has 0 N–H and O–H groups in total. The van der Waals surface area contributed by atoms with Crippen LogP contribution in [0.1, 0.15) is 5.56 Å². The zero-order valence-corrected chi connectivity index (χ0v) is 9.69. The molecule has 1 aromatic carbocycles. The molecule has 80 valence electrons. The van der Waals surface area contributed by atoms with E-state index in [2.05, 4.69) is 0 Å². The first kappa shape index (κ1) is 11.8. The van der Waals surface area contributed by atoms with Gasteiger partial charge in [-0.15, -0.1) is 0 Å². The molecular weight excluding hydrogens is 238 g/mol. The molecule has 0 fully saturated rings. The van der Waals surface area contributed by atoms with Crippen LogP contribution in [0.4, 0.5) is 0 Å². The lowest BCUT2D eigenvalue weighted by Gasteiger charge is -2.08. The van der Waals surface area contributed by atoms with Gasteiger partial charge in [-0.25, -0.2) is 8.42 Å². The van der Waals surface area contributed by atoms with E-state index < -0.39 is 9.84 Å². The smallest absolute Gasteiger partial charge is 0.179 e. The number of rotatable bonds is 2. The van der Waals surface area contributed by atoms with Crippen molar-refractivity contribution in [1.82, 2.24) is 0 Å². The Morgan fingerprint density at radius 1 is 1.47 bits per heavy atom. The number of ether oxygens (including phenoxy) is 1. The molecule has 6 heteroatoms. The second-order valence-electron chi connectivity index (χ2n) is 2.87. The minimum atomic E-state index is -3.46. The van der Waals surface area contributed by atoms with Gasteiger partial charge in [-0.3, -0.25) is 0 Å². The number of hydrogen-bond donors (Lipinski definition) is 0. The van der Waals surface area contributed by atoms with E-state index in [9.17, 15) is 8.42 Å². The van der Waals surface area contributed by atoms with Gasteiger partial charge < -0.3 is 4.74 Å². The quantitative estimate of drug-likeness (QED) is 0.794. The average molecular weight is 246 g/mol. The molecule has 4 nitrogen and oxygen atoms in total. The van der Waals surface area contributed by atoms with Crippen LogP contribution in [-0.4, -0.2) is 21.8 Å². The summed E-state index contributed by atoms with van der Waals surface area (Å²) in [5.41, 5.74) is 0.182. The molecule has 15 heavy (non-hydrogen) atoms. The van der Waals surface area contributed by atoms with Crippen molar-refractivity contribution in [2.75, 3.05) is 13.4 Å². The molecule has 0 aliphatic rings. The fraction of sp³-hybridized carbons (Fsp3) is 0.222. The van der Waals surface area contributed by atoms with Crippen molar-refractivity contribution >= 4 is 21.4 Å². The lowest BCUT2D eigenvalue weighted by atomic mass is 10.2. The van der Waals surface area contributed by atoms with Crippen LogP contribution >= 0.6 is 11.6 Å². The van der Waals surface area contributed by atoms with Crippen molar-refractivity contribution in [3.05, 3.63) is 22.7 Å². The number of hydrogen-bond acceptors (Lipinski definition) is 4. The Morgan fingerprint density at radius 3 is 2.47 bits per heavy atom. The van der Waals surface area contributed by atoms with E-state index in [4.69, 9.17) is 21.6 Å². The number of sulfone groups is 1. The molecule has 0 bridgehead atoms. The standard InChI is InChI=1S/C9H8ClNO3S/c1-14-9-7(10)3-6(5-11)4-8(9)15(2,12)13/h3-4H,1-2H3. The summed E-state index contributed by atoms with van der Waals surface area (Å²) in [6.07, 6.45) is 1.03. The number of benzene rings is 1. The summed E-state index contributed by atoms with van der Waals surface area (Å²) < 4.78 is 27.7. The van der Waals surface area contributed by atoms with Gasteiger partial charge in [0.2, 0.25) is 0 Å². The first-order valence-electron chi connectivity index (χ1n) is 3.88. The number of halogens is 1. The Kier molecular flexibility index (Phi) is 3.22. The third-order valence-corrected chi connectivity index (χ3v) is 3.13. The summed E-state index contributed by atoms with van der Waals surface area (Å²) in [4.78, 5) is -0.0750. The second-order valence-corrected chi connectivity index (χ2v) is 5.26. The highest BCUT2D eigenvalue weighted by Crippen LogP contribution is 2.33. The molecule has 0 radical (unpaired) electrons. The van der Waals surface area contributed by atoms with Crippen LogP contribution in [0, 0.1) is 11.3 Å². The largest absolute Gasteiger partial charge is 0.494 e. The Bertz CT molecular complexity index is 531. The molecule has 0 amide bonds. The molecule has 0 aliphatic heterocycles. The van der Waals surface area contributed by atoms with Gasteiger partial charge in [-0.2, -0.15) is 5.26 Å². The summed E-state index contributed by atoms with van der Waals surface area (Å²) >= 11 is 5.78. The van der Waals surface area contributed by atoms with Gasteiger partial charge in [0.15, 0.2) is 15.6 Å². The first-order valence-corrected chi connectivity index (χ1v) is 6.14. The van der Waals surface area contributed by atoms with Gasteiger partial charge in [0.1, 0.15) is 4.90 Å². The van der Waals surface area contributed by atoms with E-state index in [1.54, 1.807) is 0 Å². The number of nitrogens with zero attached hydrogens (tertiary/aromatic N) is 1. The normalized spacial score (nSPS) is 10.8. The van der Waals surface area contributed by atoms with Crippen LogP contribution in [0.2, 0.25) is 5.02 Å². The molecule has 0 heterocycles. The molecule has 0 aliphatic carbocycles. The summed E-state index contributed by atoms with van der Waals surface area (Å²) in [6.45, 7) is 0. The van der Waals surface area contributed by atoms with E-state index in [0.717, 1.165) is 6.26 Å². The molecule has 0 saturated heterocycles. The Balaban J connectivity index is 3.63. The van der Waals surface area contributed by atoms with Crippen LogP contribution in [-0.2, 0) is 9.84 Å². The lowest BCUT2D eigenvalue weighted by Crippen LogP contribution is -2.02. The zero-order valence-electron chi connectivity index (χ0n) is 8.11. The third kappa shape index (κ3) is 2.41. The minimum Gasteiger partial charge on any atom is -0.494 e. The van der Waals surface area contributed by atoms with E-state index in [-0.39, 0.29) is 21.2 Å². The Hall–Kier alpha value is -1.25. The predicted octanol–water partition coefficient (Wildman–Crippen LogP) is 1.62. The van der Waals surface area contributed by atoms with Gasteiger partial charge in [-0.05, 0) is 12.1 Å². The molecule has 0 unspecified atom stereocenters. The highest BCUT2D eigenvalue weighted by atomic mass is 35.5. The van der Waals surface area contributed by atoms with Crippen LogP contribution in [0.3, 0.4) is 0 Å². The van der Waals surface area contributed by atoms with Crippen LogP contribution < -0.4 is 4.74 Å². The topological polar surface area (TPSA) is 67.2 Å². The minimum absolute atomic E-state index is 0.0677. The Labute approximate surface area is 93.0 Å². The summed E-state index contributed by atoms with van der Waals surface area (Å²) in [5.74, 6) is 0.0677. The zero-order chi connectivity index (χ0) is 11.6. The van der Waals surface area contributed by atoms with Crippen molar-refractivity contribution in [2.45, 2.75) is 4.90 Å². The van der Waals surface area contributed by atoms with Crippen molar-refractivity contribution < 1.29 is 13.2 Å². The van der Waals surface area contributed by atoms with Crippen LogP contribution in [0.15, 0.2) is 17.0 Å². The van der Waals surface area contributed by atoms with Crippen molar-refractivity contribution in [3.63, 3.8) is 0 Å². The lowest BCUT2D eigenvalue weighted by molar-refractivity contribution is 0.403. The molecule has 0 aromatic heterocycles. The maximum atomic E-state index is 11.4. The summed E-state index contributed by atoms with van der Waals surface area (Å²) in [7, 11) is -2.14. The second kappa shape index (κ2) is 4.09. The number of methoxy groups -OCH3 is 1. The van der Waals surface area contributed by atoms with Crippen molar-refractivity contribution in [1.29, 1.82) is 5.26 Å². The molecule has 0 atom stereocenters. The van der Waals surface area contributed by atoms with E-state index in [1.165, 1.54) is 19.2 Å². The van der Waals surface area contributed by atoms with E-state index in [1.807, 2.05) is 6.07 Å². The molecule has 1 rings (SSSR count). The predicted molar refractivity (Wildman–Crippen MR) is 55.8 cm³/mol. The molecular formula is C9H8ClNO3S. The van der Waals surface area contributed by atoms with E-state index in [0.29, 0.717) is 0 Å². The monoisotopic (exact) mass is 245 g/mol. The molecule has 0 saturated carbocycles. The highest BCUT2D eigenvalue weighted by Gasteiger charge is 2.18. The van der Waals surface area contributed by atoms with Gasteiger partial charge in [0.25, 0.3) is 0 Å². The summed E-state index contributed by atoms with van der Waals surface area (Å²) in [6, 6.07) is 4.42. The van der Waals surface area contributed by atoms with Crippen LogP contribution in [0.5, 0.6) is 5.75 Å². The molecule has 0 spiro atoms. The fourth-order valence-electron chi connectivity index (χ4n) is 1.11. The van der Waals surface area contributed by atoms with Crippen molar-refractivity contribution in [2.24, 2.45) is 0 Å². The Morgan fingerprint density at radius 2 is 2.07 bits per heavy atom. The van der Waals surface area contributed by atoms with Crippen LogP contribution in [0.25, 0.3) is 0 Å². The highest BCUT2D eigenvalue weighted by molar-refractivity contribution is 7.90. The fourth-order valence-corrected chi connectivity index (χ4v) is 2.33. The van der Waals surface area contributed by atoms with E-state index >= 15 is 0 Å². The third-order valence-electron chi connectivity index (χ3n) is 1.74. The van der Waals surface area contributed by atoms with Gasteiger partial charge >= 0.3 is 0 Å². The summed E-state index contributed by atoms with van der Waals surface area (Å²) in [5, 5.41) is 8.78. The van der Waals surface area contributed by atoms with Gasteiger partial charge in [-0.1, -0.05) is 11.6 Å². The van der Waals surface area contributed by atoms with Crippen molar-refractivity contribution in [3.8, 4) is 11.8 Å². The first-order chi connectivity index (χ1) is 6.90. The molecule has 1 aromatic rings. The number of nitriles is 1. The maximum absolute atomic E-state index is 11.4. The SMILES string of the molecule is COc1c(Cl)cc(C#N)cc1S(C)(=O)=O. The maximum Gasteiger partial charge on any atom is 0.179 e.